The van der Waals surface area contributed by atoms with Gasteiger partial charge in [-0.3, -0.25) is 9.08 Å². The molecule has 0 aromatic heterocycles. The second kappa shape index (κ2) is 6.22. The summed E-state index contributed by atoms with van der Waals surface area (Å²) in [4.78, 5) is 2.27. The summed E-state index contributed by atoms with van der Waals surface area (Å²) < 4.78 is 34.6. The Hall–Kier alpha value is -0.950. The Morgan fingerprint density at radius 3 is 2.50 bits per heavy atom. The average molecular weight is 299 g/mol. The minimum Gasteiger partial charge on any atom is -0.380 e. The first-order chi connectivity index (χ1) is 9.42. The van der Waals surface area contributed by atoms with Gasteiger partial charge in [0.1, 0.15) is 0 Å². The van der Waals surface area contributed by atoms with E-state index in [1.165, 1.54) is 0 Å². The van der Waals surface area contributed by atoms with Crippen LogP contribution in [-0.4, -0.2) is 52.8 Å². The number of benzene rings is 1. The molecule has 2 atom stereocenters. The number of hydrogen-bond acceptors (Lipinski definition) is 5. The molecular formula is C14H21NO4S. The van der Waals surface area contributed by atoms with Crippen molar-refractivity contribution < 1.29 is 17.3 Å². The van der Waals surface area contributed by atoms with Crippen LogP contribution in [0.2, 0.25) is 0 Å². The molecule has 1 aromatic rings. The van der Waals surface area contributed by atoms with Gasteiger partial charge in [-0.2, -0.15) is 8.42 Å². The monoisotopic (exact) mass is 299 g/mol. The fourth-order valence-electron chi connectivity index (χ4n) is 2.34. The van der Waals surface area contributed by atoms with Gasteiger partial charge in [-0.05, 0) is 32.5 Å². The number of likely N-dealkylation sites (tertiary alicyclic amines) is 1. The topological polar surface area (TPSA) is 55.8 Å². The molecule has 0 radical (unpaired) electrons. The second-order valence-electron chi connectivity index (χ2n) is 5.24. The quantitative estimate of drug-likeness (QED) is 0.770. The predicted octanol–water partition coefficient (Wildman–Crippen LogP) is 1.42. The van der Waals surface area contributed by atoms with E-state index in [9.17, 15) is 8.42 Å². The number of nitrogens with zero attached hydrogens (tertiary/aromatic N) is 1. The van der Waals surface area contributed by atoms with E-state index in [4.69, 9.17) is 8.92 Å². The van der Waals surface area contributed by atoms with Gasteiger partial charge in [-0.25, -0.2) is 0 Å². The van der Waals surface area contributed by atoms with Crippen LogP contribution in [0.15, 0.2) is 29.2 Å². The van der Waals surface area contributed by atoms with E-state index >= 15 is 0 Å². The summed E-state index contributed by atoms with van der Waals surface area (Å²) in [6.45, 7) is 2.87. The van der Waals surface area contributed by atoms with Crippen LogP contribution in [0, 0.1) is 6.92 Å². The Labute approximate surface area is 120 Å². The molecule has 2 rings (SSSR count). The average Bonchev–Trinajstić information content (AvgIpc) is 2.78. The molecule has 1 fully saturated rings. The van der Waals surface area contributed by atoms with Crippen LogP contribution < -0.4 is 0 Å². The van der Waals surface area contributed by atoms with Crippen molar-refractivity contribution in [2.75, 3.05) is 27.3 Å². The van der Waals surface area contributed by atoms with E-state index in [-0.39, 0.29) is 23.6 Å². The van der Waals surface area contributed by atoms with Crippen LogP contribution in [0.5, 0.6) is 0 Å². The molecular weight excluding hydrogens is 278 g/mol. The molecule has 0 bridgehead atoms. The first-order valence-corrected chi connectivity index (χ1v) is 8.02. The minimum absolute atomic E-state index is 0.0696. The third-order valence-corrected chi connectivity index (χ3v) is 5.00. The highest BCUT2D eigenvalue weighted by Gasteiger charge is 2.31. The summed E-state index contributed by atoms with van der Waals surface area (Å²) in [5.41, 5.74) is 1.02. The zero-order valence-electron chi connectivity index (χ0n) is 12.1. The van der Waals surface area contributed by atoms with Gasteiger partial charge in [-0.1, -0.05) is 17.7 Å². The molecule has 1 heterocycles. The van der Waals surface area contributed by atoms with Crippen molar-refractivity contribution in [3.05, 3.63) is 29.8 Å². The molecule has 112 valence electrons. The van der Waals surface area contributed by atoms with Crippen molar-refractivity contribution >= 4 is 10.1 Å². The summed E-state index contributed by atoms with van der Waals surface area (Å²) >= 11 is 0. The van der Waals surface area contributed by atoms with Crippen molar-refractivity contribution in [2.24, 2.45) is 0 Å². The standard InChI is InChI=1S/C14H21NO4S/c1-11-4-6-14(7-5-11)20(16,17)19-10-12-8-13(18-3)9-15(12)2/h4-7,12-13H,8-10H2,1-3H3/t12-,13-/m0/s1. The molecule has 1 saturated heterocycles. The molecule has 0 aliphatic carbocycles. The Kier molecular flexibility index (Phi) is 4.80. The normalized spacial score (nSPS) is 24.1. The lowest BCUT2D eigenvalue weighted by Crippen LogP contribution is -2.30. The summed E-state index contributed by atoms with van der Waals surface area (Å²) in [6, 6.07) is 6.74. The van der Waals surface area contributed by atoms with Gasteiger partial charge in [0.25, 0.3) is 10.1 Å². The van der Waals surface area contributed by atoms with Gasteiger partial charge < -0.3 is 4.74 Å². The van der Waals surface area contributed by atoms with Gasteiger partial charge in [-0.15, -0.1) is 0 Å². The van der Waals surface area contributed by atoms with Crippen LogP contribution in [0.3, 0.4) is 0 Å². The predicted molar refractivity (Wildman–Crippen MR) is 76.1 cm³/mol. The number of likely N-dealkylation sites (N-methyl/N-ethyl adjacent to an activating group) is 1. The first-order valence-electron chi connectivity index (χ1n) is 6.61. The fourth-order valence-corrected chi connectivity index (χ4v) is 3.28. The molecule has 0 N–H and O–H groups in total. The lowest BCUT2D eigenvalue weighted by Gasteiger charge is -2.18. The van der Waals surface area contributed by atoms with Crippen LogP contribution in [0.25, 0.3) is 0 Å². The molecule has 0 unspecified atom stereocenters. The maximum Gasteiger partial charge on any atom is 0.297 e. The fraction of sp³-hybridized carbons (Fsp3) is 0.571. The van der Waals surface area contributed by atoms with E-state index in [1.54, 1.807) is 31.4 Å². The maximum absolute atomic E-state index is 12.1. The lowest BCUT2D eigenvalue weighted by atomic mass is 10.2. The number of ether oxygens (including phenoxy) is 1. The molecule has 0 amide bonds. The SMILES string of the molecule is CO[C@H]1C[C@@H](COS(=O)(=O)c2ccc(C)cc2)N(C)C1. The minimum atomic E-state index is -3.68. The summed E-state index contributed by atoms with van der Waals surface area (Å²) in [5, 5.41) is 0. The second-order valence-corrected chi connectivity index (χ2v) is 6.85. The number of aryl methyl sites for hydroxylation is 1. The molecule has 1 aliphatic heterocycles. The van der Waals surface area contributed by atoms with Gasteiger partial charge in [0.05, 0.1) is 17.6 Å². The van der Waals surface area contributed by atoms with E-state index in [1.807, 2.05) is 14.0 Å². The summed E-state index contributed by atoms with van der Waals surface area (Å²) in [7, 11) is -0.0583. The largest absolute Gasteiger partial charge is 0.380 e. The third kappa shape index (κ3) is 3.58. The van der Waals surface area contributed by atoms with Gasteiger partial charge in [0.2, 0.25) is 0 Å². The smallest absolute Gasteiger partial charge is 0.297 e. The number of rotatable bonds is 5. The van der Waals surface area contributed by atoms with Gasteiger partial charge in [0.15, 0.2) is 0 Å². The van der Waals surface area contributed by atoms with Crippen LogP contribution in [0.1, 0.15) is 12.0 Å². The molecule has 1 aliphatic rings. The highest BCUT2D eigenvalue weighted by atomic mass is 32.2. The summed E-state index contributed by atoms with van der Waals surface area (Å²) in [6.07, 6.45) is 0.937. The Morgan fingerprint density at radius 2 is 1.95 bits per heavy atom. The first kappa shape index (κ1) is 15.4. The van der Waals surface area contributed by atoms with Crippen LogP contribution in [0.4, 0.5) is 0 Å². The van der Waals surface area contributed by atoms with Crippen molar-refractivity contribution in [1.29, 1.82) is 0 Å². The highest BCUT2D eigenvalue weighted by Crippen LogP contribution is 2.20. The van der Waals surface area contributed by atoms with E-state index in [0.29, 0.717) is 0 Å². The third-order valence-electron chi connectivity index (χ3n) is 3.71. The van der Waals surface area contributed by atoms with Gasteiger partial charge >= 0.3 is 0 Å². The Bertz CT molecular complexity index is 541. The zero-order valence-corrected chi connectivity index (χ0v) is 12.9. The van der Waals surface area contributed by atoms with E-state index in [2.05, 4.69) is 4.90 Å². The van der Waals surface area contributed by atoms with Crippen molar-refractivity contribution in [1.82, 2.24) is 4.90 Å². The molecule has 5 nitrogen and oxygen atoms in total. The van der Waals surface area contributed by atoms with Crippen molar-refractivity contribution in [3.8, 4) is 0 Å². The van der Waals surface area contributed by atoms with Crippen molar-refractivity contribution in [2.45, 2.75) is 30.4 Å². The van der Waals surface area contributed by atoms with E-state index in [0.717, 1.165) is 18.5 Å². The van der Waals surface area contributed by atoms with E-state index < -0.39 is 10.1 Å². The highest BCUT2D eigenvalue weighted by molar-refractivity contribution is 7.86. The van der Waals surface area contributed by atoms with Crippen molar-refractivity contribution in [3.63, 3.8) is 0 Å². The lowest BCUT2D eigenvalue weighted by molar-refractivity contribution is 0.111. The van der Waals surface area contributed by atoms with Crippen LogP contribution >= 0.6 is 0 Å². The number of methoxy groups -OCH3 is 1. The molecule has 0 spiro atoms. The number of hydrogen-bond donors (Lipinski definition) is 0. The molecule has 1 aromatic carbocycles. The summed E-state index contributed by atoms with van der Waals surface area (Å²) in [5.74, 6) is 0. The Morgan fingerprint density at radius 1 is 1.30 bits per heavy atom. The molecule has 0 saturated carbocycles. The molecule has 6 heteroatoms. The van der Waals surface area contributed by atoms with Gasteiger partial charge in [0, 0.05) is 19.7 Å². The molecule has 20 heavy (non-hydrogen) atoms. The maximum atomic E-state index is 12.1. The van der Waals surface area contributed by atoms with Crippen LogP contribution in [-0.2, 0) is 19.0 Å². The zero-order chi connectivity index (χ0) is 14.8. The Balaban J connectivity index is 1.98.